The molecular weight excluding hydrogens is 313 g/mol. The minimum Gasteiger partial charge on any atom is -0.465 e. The highest BCUT2D eigenvalue weighted by Crippen LogP contribution is 2.20. The van der Waals surface area contributed by atoms with Gasteiger partial charge in [-0.15, -0.1) is 0 Å². The van der Waals surface area contributed by atoms with E-state index >= 15 is 0 Å². The van der Waals surface area contributed by atoms with Crippen molar-refractivity contribution >= 4 is 17.7 Å². The standard InChI is InChI=1S/C17H24FN3O3/c1-12(2)11-14(19-17(23)24)16(22)21-9-7-20(8-10-21)15-6-4-3-5-13(15)18/h3-6,12,14,19H,7-11H2,1-2H3,(H,23,24). The second-order valence-corrected chi connectivity index (χ2v) is 6.40. The molecule has 0 saturated carbocycles. The third-order valence-corrected chi connectivity index (χ3v) is 4.09. The van der Waals surface area contributed by atoms with Crippen LogP contribution >= 0.6 is 0 Å². The summed E-state index contributed by atoms with van der Waals surface area (Å²) in [5.41, 5.74) is 0.534. The number of carbonyl (C=O) groups excluding carboxylic acids is 1. The number of carbonyl (C=O) groups is 2. The van der Waals surface area contributed by atoms with Crippen LogP contribution in [-0.2, 0) is 4.79 Å². The molecule has 0 radical (unpaired) electrons. The zero-order valence-corrected chi connectivity index (χ0v) is 14.0. The molecule has 0 aliphatic carbocycles. The predicted octanol–water partition coefficient (Wildman–Crippen LogP) is 2.16. The van der Waals surface area contributed by atoms with Gasteiger partial charge < -0.3 is 20.2 Å². The van der Waals surface area contributed by atoms with Crippen molar-refractivity contribution in [1.82, 2.24) is 10.2 Å². The molecule has 1 fully saturated rings. The first kappa shape index (κ1) is 18.0. The first-order valence-corrected chi connectivity index (χ1v) is 8.16. The number of piperazine rings is 1. The van der Waals surface area contributed by atoms with E-state index in [1.54, 1.807) is 23.1 Å². The normalized spacial score (nSPS) is 16.2. The van der Waals surface area contributed by atoms with Crippen molar-refractivity contribution in [2.45, 2.75) is 26.3 Å². The van der Waals surface area contributed by atoms with Gasteiger partial charge in [0.1, 0.15) is 11.9 Å². The maximum Gasteiger partial charge on any atom is 0.405 e. The van der Waals surface area contributed by atoms with Crippen molar-refractivity contribution in [2.24, 2.45) is 5.92 Å². The largest absolute Gasteiger partial charge is 0.465 e. The van der Waals surface area contributed by atoms with Crippen LogP contribution in [-0.4, -0.2) is 54.2 Å². The summed E-state index contributed by atoms with van der Waals surface area (Å²) in [7, 11) is 0. The van der Waals surface area contributed by atoms with Crippen molar-refractivity contribution < 1.29 is 19.1 Å². The summed E-state index contributed by atoms with van der Waals surface area (Å²) in [6.45, 7) is 5.83. The van der Waals surface area contributed by atoms with Gasteiger partial charge in [0.25, 0.3) is 0 Å². The van der Waals surface area contributed by atoms with E-state index in [1.807, 2.05) is 18.7 Å². The summed E-state index contributed by atoms with van der Waals surface area (Å²) in [5.74, 6) is -0.285. The molecule has 7 heteroatoms. The molecule has 1 heterocycles. The minimum absolute atomic E-state index is 0.200. The van der Waals surface area contributed by atoms with Gasteiger partial charge in [-0.2, -0.15) is 0 Å². The number of nitrogens with zero attached hydrogens (tertiary/aromatic N) is 2. The molecule has 1 aromatic carbocycles. The number of halogens is 1. The number of rotatable bonds is 5. The van der Waals surface area contributed by atoms with Gasteiger partial charge in [0, 0.05) is 26.2 Å². The Bertz CT molecular complexity index is 586. The average molecular weight is 337 g/mol. The van der Waals surface area contributed by atoms with E-state index in [2.05, 4.69) is 5.32 Å². The van der Waals surface area contributed by atoms with Crippen LogP contribution < -0.4 is 10.2 Å². The lowest BCUT2D eigenvalue weighted by atomic mass is 10.0. The highest BCUT2D eigenvalue weighted by Gasteiger charge is 2.29. The summed E-state index contributed by atoms with van der Waals surface area (Å²) >= 11 is 0. The zero-order valence-electron chi connectivity index (χ0n) is 14.0. The van der Waals surface area contributed by atoms with E-state index in [1.165, 1.54) is 6.07 Å². The summed E-state index contributed by atoms with van der Waals surface area (Å²) in [6, 6.07) is 5.84. The fourth-order valence-corrected chi connectivity index (χ4v) is 2.94. The fraction of sp³-hybridized carbons (Fsp3) is 0.529. The Morgan fingerprint density at radius 3 is 2.38 bits per heavy atom. The quantitative estimate of drug-likeness (QED) is 0.864. The van der Waals surface area contributed by atoms with Crippen LogP contribution in [0.3, 0.4) is 0 Å². The van der Waals surface area contributed by atoms with Gasteiger partial charge in [-0.25, -0.2) is 9.18 Å². The molecule has 24 heavy (non-hydrogen) atoms. The molecule has 0 spiro atoms. The van der Waals surface area contributed by atoms with E-state index in [-0.39, 0.29) is 17.6 Å². The van der Waals surface area contributed by atoms with Crippen molar-refractivity contribution in [3.63, 3.8) is 0 Å². The van der Waals surface area contributed by atoms with Crippen molar-refractivity contribution in [2.75, 3.05) is 31.1 Å². The van der Waals surface area contributed by atoms with Gasteiger partial charge in [0.2, 0.25) is 5.91 Å². The van der Waals surface area contributed by atoms with Crippen LogP contribution in [0.4, 0.5) is 14.9 Å². The fourth-order valence-electron chi connectivity index (χ4n) is 2.94. The van der Waals surface area contributed by atoms with Gasteiger partial charge >= 0.3 is 6.09 Å². The Morgan fingerprint density at radius 1 is 1.21 bits per heavy atom. The third-order valence-electron chi connectivity index (χ3n) is 4.09. The molecule has 2 N–H and O–H groups in total. The molecule has 1 unspecified atom stereocenters. The maximum atomic E-state index is 13.8. The van der Waals surface area contributed by atoms with Crippen LogP contribution in [0.1, 0.15) is 20.3 Å². The molecule has 1 saturated heterocycles. The van der Waals surface area contributed by atoms with Crippen molar-refractivity contribution in [3.05, 3.63) is 30.1 Å². The Balaban J connectivity index is 1.98. The average Bonchev–Trinajstić information content (AvgIpc) is 2.53. The summed E-state index contributed by atoms with van der Waals surface area (Å²) in [6.07, 6.45) is -0.738. The predicted molar refractivity (Wildman–Crippen MR) is 89.6 cm³/mol. The third kappa shape index (κ3) is 4.59. The van der Waals surface area contributed by atoms with Gasteiger partial charge in [-0.3, -0.25) is 4.79 Å². The van der Waals surface area contributed by atoms with Crippen LogP contribution in [0, 0.1) is 11.7 Å². The number of anilines is 1. The Morgan fingerprint density at radius 2 is 1.83 bits per heavy atom. The molecule has 2 rings (SSSR count). The second kappa shape index (κ2) is 7.99. The van der Waals surface area contributed by atoms with Crippen LogP contribution in [0.5, 0.6) is 0 Å². The summed E-state index contributed by atoms with van der Waals surface area (Å²) in [5, 5.41) is 11.2. The van der Waals surface area contributed by atoms with Gasteiger partial charge in [-0.05, 0) is 24.5 Å². The number of benzene rings is 1. The lowest BCUT2D eigenvalue weighted by molar-refractivity contribution is -0.134. The summed E-state index contributed by atoms with van der Waals surface area (Å²) in [4.78, 5) is 27.1. The number of para-hydroxylation sites is 1. The molecule has 1 atom stereocenters. The van der Waals surface area contributed by atoms with Crippen LogP contribution in [0.25, 0.3) is 0 Å². The molecule has 0 aromatic heterocycles. The van der Waals surface area contributed by atoms with Crippen LogP contribution in [0.15, 0.2) is 24.3 Å². The molecule has 1 aromatic rings. The SMILES string of the molecule is CC(C)CC(NC(=O)O)C(=O)N1CCN(c2ccccc2F)CC1. The van der Waals surface area contributed by atoms with E-state index in [4.69, 9.17) is 5.11 Å². The first-order valence-electron chi connectivity index (χ1n) is 8.16. The van der Waals surface area contributed by atoms with E-state index in [0.717, 1.165) is 0 Å². The Kier molecular flexibility index (Phi) is 6.00. The number of hydrogen-bond donors (Lipinski definition) is 2. The van der Waals surface area contributed by atoms with E-state index in [9.17, 15) is 14.0 Å². The zero-order chi connectivity index (χ0) is 17.7. The topological polar surface area (TPSA) is 72.9 Å². The molecule has 132 valence electrons. The highest BCUT2D eigenvalue weighted by atomic mass is 19.1. The molecule has 1 aliphatic rings. The molecule has 1 aliphatic heterocycles. The number of nitrogens with one attached hydrogen (secondary N) is 1. The minimum atomic E-state index is -1.20. The highest BCUT2D eigenvalue weighted by molar-refractivity contribution is 5.85. The monoisotopic (exact) mass is 337 g/mol. The maximum absolute atomic E-state index is 13.8. The second-order valence-electron chi connectivity index (χ2n) is 6.40. The van der Waals surface area contributed by atoms with Crippen molar-refractivity contribution in [1.29, 1.82) is 0 Å². The van der Waals surface area contributed by atoms with Gasteiger partial charge in [0.15, 0.2) is 0 Å². The Labute approximate surface area is 141 Å². The molecular formula is C17H24FN3O3. The lowest BCUT2D eigenvalue weighted by Gasteiger charge is -2.37. The number of hydrogen-bond acceptors (Lipinski definition) is 3. The van der Waals surface area contributed by atoms with Crippen LogP contribution in [0.2, 0.25) is 0 Å². The van der Waals surface area contributed by atoms with Gasteiger partial charge in [0.05, 0.1) is 5.69 Å². The molecule has 6 nitrogen and oxygen atoms in total. The first-order chi connectivity index (χ1) is 11.4. The number of amides is 2. The Hall–Kier alpha value is -2.31. The van der Waals surface area contributed by atoms with E-state index in [0.29, 0.717) is 38.3 Å². The van der Waals surface area contributed by atoms with Gasteiger partial charge in [-0.1, -0.05) is 26.0 Å². The number of carboxylic acid groups (broad SMARTS) is 1. The smallest absolute Gasteiger partial charge is 0.405 e. The van der Waals surface area contributed by atoms with E-state index < -0.39 is 12.1 Å². The molecule has 2 amide bonds. The van der Waals surface area contributed by atoms with Crippen molar-refractivity contribution in [3.8, 4) is 0 Å². The summed E-state index contributed by atoms with van der Waals surface area (Å²) < 4.78 is 13.8. The lowest BCUT2D eigenvalue weighted by Crippen LogP contribution is -2.55. The molecule has 0 bridgehead atoms.